The second-order valence-electron chi connectivity index (χ2n) is 6.46. The van der Waals surface area contributed by atoms with E-state index in [0.717, 1.165) is 51.3 Å². The minimum Gasteiger partial charge on any atom is -0.450 e. The maximum atomic E-state index is 11.2. The Labute approximate surface area is 162 Å². The Morgan fingerprint density at radius 3 is 2.62 bits per heavy atom. The number of thioether (sulfide) groups is 1. The third-order valence-corrected chi connectivity index (χ3v) is 5.50. The van der Waals surface area contributed by atoms with Gasteiger partial charge in [0.05, 0.1) is 12.3 Å². The summed E-state index contributed by atoms with van der Waals surface area (Å²) in [6.45, 7) is 10.8. The first-order valence-corrected chi connectivity index (χ1v) is 10.8. The zero-order valence-corrected chi connectivity index (χ0v) is 17.0. The molecule has 1 aromatic rings. The fourth-order valence-electron chi connectivity index (χ4n) is 3.18. The van der Waals surface area contributed by atoms with Crippen molar-refractivity contribution in [1.29, 1.82) is 0 Å². The van der Waals surface area contributed by atoms with Crippen molar-refractivity contribution in [3.63, 3.8) is 0 Å². The van der Waals surface area contributed by atoms with Crippen LogP contribution in [-0.2, 0) is 4.74 Å². The number of hydrogen-bond acceptors (Lipinski definition) is 5. The summed E-state index contributed by atoms with van der Waals surface area (Å²) in [5.74, 6) is 1.11. The average Bonchev–Trinajstić information content (AvgIpc) is 2.66. The SMILES string of the molecule is CCNC(=O)OCCCCCN1CCN(c2ccccc2SCC)CC1. The van der Waals surface area contributed by atoms with Gasteiger partial charge in [-0.25, -0.2) is 4.79 Å². The molecule has 0 radical (unpaired) electrons. The molecule has 0 aliphatic carbocycles. The third-order valence-electron chi connectivity index (χ3n) is 4.55. The molecular weight excluding hydrogens is 346 g/mol. The predicted octanol–water partition coefficient (Wildman–Crippen LogP) is 3.84. The predicted molar refractivity (Wildman–Crippen MR) is 110 cm³/mol. The molecule has 146 valence electrons. The Hall–Kier alpha value is -1.40. The van der Waals surface area contributed by atoms with Gasteiger partial charge in [0.2, 0.25) is 0 Å². The lowest BCUT2D eigenvalue weighted by molar-refractivity contribution is 0.143. The van der Waals surface area contributed by atoms with Gasteiger partial charge in [0.15, 0.2) is 0 Å². The fourth-order valence-corrected chi connectivity index (χ4v) is 4.01. The summed E-state index contributed by atoms with van der Waals surface area (Å²) in [7, 11) is 0. The molecule has 5 nitrogen and oxygen atoms in total. The van der Waals surface area contributed by atoms with Gasteiger partial charge in [-0.3, -0.25) is 4.90 Å². The first kappa shape index (κ1) is 20.9. The Morgan fingerprint density at radius 2 is 1.88 bits per heavy atom. The number of alkyl carbamates (subject to hydrolysis) is 1. The molecule has 1 aliphatic rings. The van der Waals surface area contributed by atoms with Gasteiger partial charge in [-0.1, -0.05) is 19.1 Å². The number of amides is 1. The number of carbonyl (C=O) groups is 1. The van der Waals surface area contributed by atoms with Crippen LogP contribution in [0.15, 0.2) is 29.2 Å². The standard InChI is InChI=1S/C20H33N3O2S/c1-3-21-20(24)25-17-9-5-8-12-22-13-15-23(16-14-22)18-10-6-7-11-19(18)26-4-2/h6-7,10-11H,3-5,8-9,12-17H2,1-2H3,(H,21,24). The number of rotatable bonds is 10. The molecule has 0 spiro atoms. The lowest BCUT2D eigenvalue weighted by Crippen LogP contribution is -2.46. The van der Waals surface area contributed by atoms with Gasteiger partial charge in [0.1, 0.15) is 0 Å². The van der Waals surface area contributed by atoms with Crippen LogP contribution < -0.4 is 10.2 Å². The number of ether oxygens (including phenoxy) is 1. The average molecular weight is 380 g/mol. The van der Waals surface area contributed by atoms with Crippen LogP contribution in [-0.4, -0.2) is 62.6 Å². The quantitative estimate of drug-likeness (QED) is 0.494. The van der Waals surface area contributed by atoms with Gasteiger partial charge in [-0.15, -0.1) is 11.8 Å². The number of para-hydroxylation sites is 1. The smallest absolute Gasteiger partial charge is 0.407 e. The molecule has 1 fully saturated rings. The van der Waals surface area contributed by atoms with E-state index in [1.807, 2.05) is 18.7 Å². The third kappa shape index (κ3) is 7.08. The molecule has 1 N–H and O–H groups in total. The number of unbranched alkanes of at least 4 members (excludes halogenated alkanes) is 2. The number of anilines is 1. The van der Waals surface area contributed by atoms with Gasteiger partial charge in [-0.2, -0.15) is 0 Å². The molecule has 1 saturated heterocycles. The highest BCUT2D eigenvalue weighted by atomic mass is 32.2. The molecule has 26 heavy (non-hydrogen) atoms. The summed E-state index contributed by atoms with van der Waals surface area (Å²) in [6, 6.07) is 8.76. The Bertz CT molecular complexity index is 534. The van der Waals surface area contributed by atoms with Crippen molar-refractivity contribution in [1.82, 2.24) is 10.2 Å². The molecule has 0 unspecified atom stereocenters. The monoisotopic (exact) mass is 379 g/mol. The molecular formula is C20H33N3O2S. The number of nitrogens with one attached hydrogen (secondary N) is 1. The van der Waals surface area contributed by atoms with E-state index in [9.17, 15) is 4.79 Å². The van der Waals surface area contributed by atoms with Crippen LogP contribution in [0.2, 0.25) is 0 Å². The zero-order valence-electron chi connectivity index (χ0n) is 16.2. The van der Waals surface area contributed by atoms with E-state index < -0.39 is 0 Å². The van der Waals surface area contributed by atoms with E-state index in [4.69, 9.17) is 4.74 Å². The molecule has 0 aromatic heterocycles. The summed E-state index contributed by atoms with van der Waals surface area (Å²) < 4.78 is 5.10. The minimum atomic E-state index is -0.301. The fraction of sp³-hybridized carbons (Fsp3) is 0.650. The molecule has 0 bridgehead atoms. The molecule has 6 heteroatoms. The number of nitrogens with zero attached hydrogens (tertiary/aromatic N) is 2. The largest absolute Gasteiger partial charge is 0.450 e. The van der Waals surface area contributed by atoms with Crippen LogP contribution in [0, 0.1) is 0 Å². The van der Waals surface area contributed by atoms with E-state index in [1.165, 1.54) is 17.0 Å². The first-order chi connectivity index (χ1) is 12.7. The number of benzene rings is 1. The van der Waals surface area contributed by atoms with E-state index >= 15 is 0 Å². The second-order valence-corrected chi connectivity index (χ2v) is 7.76. The lowest BCUT2D eigenvalue weighted by Gasteiger charge is -2.37. The minimum absolute atomic E-state index is 0.301. The second kappa shape index (κ2) is 12.1. The van der Waals surface area contributed by atoms with E-state index in [0.29, 0.717) is 13.2 Å². The van der Waals surface area contributed by atoms with Crippen LogP contribution in [0.25, 0.3) is 0 Å². The van der Waals surface area contributed by atoms with E-state index in [2.05, 4.69) is 46.3 Å². The summed E-state index contributed by atoms with van der Waals surface area (Å²) >= 11 is 1.93. The van der Waals surface area contributed by atoms with Crippen molar-refractivity contribution < 1.29 is 9.53 Å². The van der Waals surface area contributed by atoms with Gasteiger partial charge in [0.25, 0.3) is 0 Å². The summed E-state index contributed by atoms with van der Waals surface area (Å²) in [6.07, 6.45) is 2.92. The maximum absolute atomic E-state index is 11.2. The van der Waals surface area contributed by atoms with Gasteiger partial charge in [-0.05, 0) is 50.6 Å². The zero-order chi connectivity index (χ0) is 18.6. The van der Waals surface area contributed by atoms with Gasteiger partial charge < -0.3 is 15.0 Å². The highest BCUT2D eigenvalue weighted by molar-refractivity contribution is 7.99. The topological polar surface area (TPSA) is 44.8 Å². The van der Waals surface area contributed by atoms with Gasteiger partial charge >= 0.3 is 6.09 Å². The van der Waals surface area contributed by atoms with Crippen LogP contribution in [0.1, 0.15) is 33.1 Å². The number of hydrogen-bond donors (Lipinski definition) is 1. The van der Waals surface area contributed by atoms with Crippen LogP contribution in [0.5, 0.6) is 0 Å². The Kier molecular flexibility index (Phi) is 9.71. The molecule has 1 amide bonds. The first-order valence-electron chi connectivity index (χ1n) is 9.84. The van der Waals surface area contributed by atoms with E-state index in [-0.39, 0.29) is 6.09 Å². The van der Waals surface area contributed by atoms with Crippen LogP contribution >= 0.6 is 11.8 Å². The van der Waals surface area contributed by atoms with Crippen molar-refractivity contribution in [2.75, 3.05) is 56.5 Å². The molecule has 1 aromatic carbocycles. The van der Waals surface area contributed by atoms with Crippen molar-refractivity contribution in [2.45, 2.75) is 38.0 Å². The Balaban J connectivity index is 1.61. The highest BCUT2D eigenvalue weighted by Crippen LogP contribution is 2.30. The summed E-state index contributed by atoms with van der Waals surface area (Å²) in [5.41, 5.74) is 1.39. The van der Waals surface area contributed by atoms with Crippen molar-refractivity contribution in [3.8, 4) is 0 Å². The van der Waals surface area contributed by atoms with Crippen molar-refractivity contribution >= 4 is 23.5 Å². The van der Waals surface area contributed by atoms with Crippen molar-refractivity contribution in [3.05, 3.63) is 24.3 Å². The Morgan fingerprint density at radius 1 is 1.12 bits per heavy atom. The molecule has 2 rings (SSSR count). The lowest BCUT2D eigenvalue weighted by atomic mass is 10.2. The normalized spacial score (nSPS) is 15.1. The molecule has 1 aliphatic heterocycles. The summed E-state index contributed by atoms with van der Waals surface area (Å²) in [5, 5.41) is 2.64. The highest BCUT2D eigenvalue weighted by Gasteiger charge is 2.18. The molecule has 0 atom stereocenters. The number of piperazine rings is 1. The molecule has 1 heterocycles. The molecule has 0 saturated carbocycles. The summed E-state index contributed by atoms with van der Waals surface area (Å²) in [4.78, 5) is 17.7. The number of carbonyl (C=O) groups excluding carboxylic acids is 1. The van der Waals surface area contributed by atoms with Crippen LogP contribution in [0.3, 0.4) is 0 Å². The maximum Gasteiger partial charge on any atom is 0.407 e. The van der Waals surface area contributed by atoms with E-state index in [1.54, 1.807) is 0 Å². The van der Waals surface area contributed by atoms with Crippen LogP contribution in [0.4, 0.5) is 10.5 Å². The van der Waals surface area contributed by atoms with Gasteiger partial charge in [0, 0.05) is 37.6 Å². The van der Waals surface area contributed by atoms with Crippen molar-refractivity contribution in [2.24, 2.45) is 0 Å².